The van der Waals surface area contributed by atoms with Crippen LogP contribution in [-0.4, -0.2) is 22.1 Å². The molecule has 0 unspecified atom stereocenters. The van der Waals surface area contributed by atoms with E-state index in [0.29, 0.717) is 20.6 Å². The highest BCUT2D eigenvalue weighted by molar-refractivity contribution is 7.10. The van der Waals surface area contributed by atoms with Crippen LogP contribution >= 0.6 is 22.7 Å². The van der Waals surface area contributed by atoms with E-state index in [0.717, 1.165) is 38.2 Å². The minimum Gasteiger partial charge on any atom is -0.463 e. The van der Waals surface area contributed by atoms with Crippen molar-refractivity contribution in [2.75, 3.05) is 6.61 Å². The number of aryl methyl sites for hydroxylation is 1. The number of nitrogens with one attached hydrogen (secondary N) is 1. The van der Waals surface area contributed by atoms with Crippen LogP contribution in [0.15, 0.2) is 87.1 Å². The van der Waals surface area contributed by atoms with Crippen molar-refractivity contribution in [1.29, 1.82) is 0 Å². The molecule has 2 aromatic carbocycles. The second-order valence-electron chi connectivity index (χ2n) is 9.15. The average molecular weight is 540 g/mol. The molecule has 8 heteroatoms. The Morgan fingerprint density at radius 3 is 2.68 bits per heavy atom. The Kier molecular flexibility index (Phi) is 6.21. The van der Waals surface area contributed by atoms with Crippen LogP contribution in [0.4, 0.5) is 0 Å². The smallest absolute Gasteiger partial charge is 0.338 e. The number of aromatic nitrogens is 2. The molecule has 0 aliphatic carbocycles. The van der Waals surface area contributed by atoms with E-state index in [1.165, 1.54) is 22.7 Å². The first-order valence-corrected chi connectivity index (χ1v) is 14.1. The predicted molar refractivity (Wildman–Crippen MR) is 153 cm³/mol. The van der Waals surface area contributed by atoms with Crippen molar-refractivity contribution in [2.24, 2.45) is 4.99 Å². The van der Waals surface area contributed by atoms with Gasteiger partial charge in [0.05, 0.1) is 28.1 Å². The normalized spacial score (nSPS) is 15.6. The van der Waals surface area contributed by atoms with E-state index in [1.807, 2.05) is 41.8 Å². The van der Waals surface area contributed by atoms with Crippen LogP contribution in [0.3, 0.4) is 0 Å². The molecule has 6 rings (SSSR count). The van der Waals surface area contributed by atoms with Crippen molar-refractivity contribution in [2.45, 2.75) is 26.8 Å². The second-order valence-corrected chi connectivity index (χ2v) is 11.1. The molecule has 1 aliphatic heterocycles. The number of aromatic amines is 1. The fourth-order valence-electron chi connectivity index (χ4n) is 4.95. The molecule has 4 heterocycles. The van der Waals surface area contributed by atoms with Gasteiger partial charge in [-0.25, -0.2) is 9.79 Å². The molecule has 0 saturated heterocycles. The number of allylic oxidation sites excluding steroid dienone is 1. The lowest BCUT2D eigenvalue weighted by Gasteiger charge is -2.23. The zero-order chi connectivity index (χ0) is 26.4. The van der Waals surface area contributed by atoms with Gasteiger partial charge in [-0.1, -0.05) is 59.4 Å². The summed E-state index contributed by atoms with van der Waals surface area (Å²) in [6, 6.07) is 19.7. The third kappa shape index (κ3) is 4.06. The summed E-state index contributed by atoms with van der Waals surface area (Å²) in [4.78, 5) is 36.8. The number of thiazole rings is 1. The van der Waals surface area contributed by atoms with Gasteiger partial charge in [0.1, 0.15) is 6.04 Å². The third-order valence-electron chi connectivity index (χ3n) is 6.66. The maximum absolute atomic E-state index is 14.0. The minimum absolute atomic E-state index is 0.178. The fraction of sp³-hybridized carbons (Fsp3) is 0.167. The lowest BCUT2D eigenvalue weighted by atomic mass is 10.0. The van der Waals surface area contributed by atoms with Crippen molar-refractivity contribution in [3.05, 3.63) is 113 Å². The van der Waals surface area contributed by atoms with Crippen molar-refractivity contribution in [3.8, 4) is 11.3 Å². The van der Waals surface area contributed by atoms with Gasteiger partial charge in [0.25, 0.3) is 5.56 Å². The van der Waals surface area contributed by atoms with Gasteiger partial charge in [0.2, 0.25) is 0 Å². The van der Waals surface area contributed by atoms with Gasteiger partial charge >= 0.3 is 5.97 Å². The molecule has 5 aromatic rings. The molecule has 38 heavy (non-hydrogen) atoms. The van der Waals surface area contributed by atoms with Crippen LogP contribution in [0.2, 0.25) is 0 Å². The summed E-state index contributed by atoms with van der Waals surface area (Å²) >= 11 is 2.85. The van der Waals surface area contributed by atoms with E-state index < -0.39 is 12.0 Å². The fourth-order valence-corrected chi connectivity index (χ4v) is 6.80. The zero-order valence-corrected chi connectivity index (χ0v) is 22.8. The number of rotatable bonds is 5. The number of nitrogens with zero attached hydrogens (tertiary/aromatic N) is 2. The van der Waals surface area contributed by atoms with Crippen LogP contribution in [0, 0.1) is 6.92 Å². The number of benzene rings is 2. The van der Waals surface area contributed by atoms with Crippen molar-refractivity contribution < 1.29 is 9.53 Å². The Hall–Kier alpha value is -4.01. The first-order valence-electron chi connectivity index (χ1n) is 12.4. The Morgan fingerprint density at radius 2 is 1.95 bits per heavy atom. The highest BCUT2D eigenvalue weighted by Gasteiger charge is 2.34. The predicted octanol–water partition coefficient (Wildman–Crippen LogP) is 5.32. The highest BCUT2D eigenvalue weighted by Crippen LogP contribution is 2.34. The number of hydrogen-bond donors (Lipinski definition) is 1. The third-order valence-corrected chi connectivity index (χ3v) is 8.57. The largest absolute Gasteiger partial charge is 0.463 e. The van der Waals surface area contributed by atoms with Gasteiger partial charge in [-0.2, -0.15) is 0 Å². The standard InChI is InChI=1S/C30H25N3O3S2/c1-4-36-29(35)25-18(3)31-30-33(27(25)23-11-8-14-37-23)28(34)24(38-30)16-21-20-15-17(2)12-13-22(20)32-26(21)19-9-6-5-7-10-19/h5-16,27,32H,4H2,1-3H3/b24-16+/t27-/m0/s1. The number of esters is 1. The van der Waals surface area contributed by atoms with Crippen LogP contribution < -0.4 is 14.9 Å². The topological polar surface area (TPSA) is 76.4 Å². The molecule has 0 spiro atoms. The lowest BCUT2D eigenvalue weighted by molar-refractivity contribution is -0.139. The SMILES string of the molecule is CCOC(=O)C1=C(C)N=c2s/c(=C/c3c(-c4ccccc4)[nH]c4ccc(C)cc34)c(=O)n2[C@H]1c1cccs1. The Labute approximate surface area is 226 Å². The summed E-state index contributed by atoms with van der Waals surface area (Å²) in [5, 5.41) is 3.00. The van der Waals surface area contributed by atoms with Crippen LogP contribution in [-0.2, 0) is 9.53 Å². The maximum atomic E-state index is 14.0. The van der Waals surface area contributed by atoms with Crippen LogP contribution in [0.1, 0.15) is 35.9 Å². The summed E-state index contributed by atoms with van der Waals surface area (Å²) in [7, 11) is 0. The van der Waals surface area contributed by atoms with Crippen molar-refractivity contribution >= 4 is 45.6 Å². The number of fused-ring (bicyclic) bond motifs is 2. The van der Waals surface area contributed by atoms with Gasteiger partial charge in [0.15, 0.2) is 4.80 Å². The molecule has 3 aromatic heterocycles. The first-order chi connectivity index (χ1) is 18.5. The molecule has 0 saturated carbocycles. The molecule has 190 valence electrons. The lowest BCUT2D eigenvalue weighted by Crippen LogP contribution is -2.39. The number of thiophene rings is 1. The molecular formula is C30H25N3O3S2. The number of hydrogen-bond acceptors (Lipinski definition) is 6. The molecule has 1 N–H and O–H groups in total. The van der Waals surface area contributed by atoms with Gasteiger partial charge in [-0.15, -0.1) is 11.3 Å². The quantitative estimate of drug-likeness (QED) is 0.307. The maximum Gasteiger partial charge on any atom is 0.338 e. The summed E-state index contributed by atoms with van der Waals surface area (Å²) in [5.74, 6) is -0.445. The second kappa shape index (κ2) is 9.70. The van der Waals surface area contributed by atoms with Gasteiger partial charge in [-0.05, 0) is 56.0 Å². The molecule has 6 nitrogen and oxygen atoms in total. The number of carbonyl (C=O) groups is 1. The molecule has 0 bridgehead atoms. The Balaban J connectivity index is 1.61. The first kappa shape index (κ1) is 24.3. The zero-order valence-electron chi connectivity index (χ0n) is 21.1. The van der Waals surface area contributed by atoms with Gasteiger partial charge in [0, 0.05) is 21.3 Å². The van der Waals surface area contributed by atoms with E-state index in [1.54, 1.807) is 18.4 Å². The summed E-state index contributed by atoms with van der Waals surface area (Å²) in [5.41, 5.74) is 5.89. The number of H-pyrrole nitrogens is 1. The minimum atomic E-state index is -0.578. The molecule has 0 amide bonds. The molecular weight excluding hydrogens is 514 g/mol. The Bertz CT molecular complexity index is 1890. The summed E-state index contributed by atoms with van der Waals surface area (Å²) in [6.07, 6.45) is 1.96. The Morgan fingerprint density at radius 1 is 1.13 bits per heavy atom. The van der Waals surface area contributed by atoms with Gasteiger partial charge < -0.3 is 9.72 Å². The summed E-state index contributed by atoms with van der Waals surface area (Å²) < 4.78 is 7.58. The van der Waals surface area contributed by atoms with Gasteiger partial charge in [-0.3, -0.25) is 9.36 Å². The van der Waals surface area contributed by atoms with E-state index in [9.17, 15) is 9.59 Å². The van der Waals surface area contributed by atoms with E-state index in [-0.39, 0.29) is 12.2 Å². The monoisotopic (exact) mass is 539 g/mol. The van der Waals surface area contributed by atoms with E-state index in [4.69, 9.17) is 9.73 Å². The highest BCUT2D eigenvalue weighted by atomic mass is 32.1. The van der Waals surface area contributed by atoms with Crippen molar-refractivity contribution in [1.82, 2.24) is 9.55 Å². The van der Waals surface area contributed by atoms with Crippen LogP contribution in [0.5, 0.6) is 0 Å². The number of ether oxygens (including phenoxy) is 1. The summed E-state index contributed by atoms with van der Waals surface area (Å²) in [6.45, 7) is 5.89. The number of carbonyl (C=O) groups excluding carboxylic acids is 1. The van der Waals surface area contributed by atoms with Crippen LogP contribution in [0.25, 0.3) is 28.2 Å². The van der Waals surface area contributed by atoms with E-state index >= 15 is 0 Å². The molecule has 0 fully saturated rings. The molecule has 0 radical (unpaired) electrons. The molecule has 1 atom stereocenters. The average Bonchev–Trinajstić information content (AvgIpc) is 3.63. The molecule has 1 aliphatic rings. The van der Waals surface area contributed by atoms with Crippen molar-refractivity contribution in [3.63, 3.8) is 0 Å². The van der Waals surface area contributed by atoms with E-state index in [2.05, 4.69) is 42.2 Å².